The van der Waals surface area contributed by atoms with Gasteiger partial charge in [0.05, 0.1) is 30.6 Å². The second-order valence-corrected chi connectivity index (χ2v) is 5.36. The summed E-state index contributed by atoms with van der Waals surface area (Å²) < 4.78 is 15.5. The second-order valence-electron chi connectivity index (χ2n) is 5.36. The van der Waals surface area contributed by atoms with Gasteiger partial charge in [0, 0.05) is 26.4 Å². The van der Waals surface area contributed by atoms with Crippen LogP contribution in [-0.4, -0.2) is 61.8 Å². The third kappa shape index (κ3) is 5.34. The molecular formula is C15H23N3O5. The van der Waals surface area contributed by atoms with Gasteiger partial charge in [0.15, 0.2) is 0 Å². The monoisotopic (exact) mass is 325 g/mol. The average molecular weight is 325 g/mol. The lowest BCUT2D eigenvalue weighted by Gasteiger charge is -2.36. The van der Waals surface area contributed by atoms with Gasteiger partial charge in [-0.15, -0.1) is 0 Å². The summed E-state index contributed by atoms with van der Waals surface area (Å²) in [5, 5.41) is 15.1. The quantitative estimate of drug-likeness (QED) is 0.640. The molecular weight excluding hydrogens is 302 g/mol. The number of amides is 2. The number of aliphatic hydroxyl groups excluding tert-OH is 1. The number of hydrogen-bond acceptors (Lipinski definition) is 6. The molecule has 1 aromatic heterocycles. The Kier molecular flexibility index (Phi) is 6.57. The Morgan fingerprint density at radius 2 is 2.17 bits per heavy atom. The minimum atomic E-state index is -0.626. The average Bonchev–Trinajstić information content (AvgIpc) is 2.57. The van der Waals surface area contributed by atoms with Crippen molar-refractivity contribution in [2.75, 3.05) is 45.5 Å². The van der Waals surface area contributed by atoms with Crippen molar-refractivity contribution in [2.24, 2.45) is 0 Å². The number of aliphatic hydroxyl groups is 1. The summed E-state index contributed by atoms with van der Waals surface area (Å²) in [6, 6.07) is 2.99. The predicted molar refractivity (Wildman–Crippen MR) is 83.6 cm³/mol. The summed E-state index contributed by atoms with van der Waals surface area (Å²) >= 11 is 0. The Morgan fingerprint density at radius 3 is 2.78 bits per heavy atom. The number of nitrogens with one attached hydrogen (secondary N) is 2. The van der Waals surface area contributed by atoms with Gasteiger partial charge in [-0.2, -0.15) is 0 Å². The zero-order valence-electron chi connectivity index (χ0n) is 13.2. The molecule has 0 aromatic carbocycles. The summed E-state index contributed by atoms with van der Waals surface area (Å²) in [7, 11) is 1.60. The number of pyridine rings is 1. The number of ether oxygens (including phenoxy) is 3. The van der Waals surface area contributed by atoms with Crippen LogP contribution in [0, 0.1) is 0 Å². The molecule has 0 radical (unpaired) electrons. The summed E-state index contributed by atoms with van der Waals surface area (Å²) in [6.07, 6.45) is 2.68. The van der Waals surface area contributed by atoms with Crippen LogP contribution < -0.4 is 15.4 Å². The van der Waals surface area contributed by atoms with Crippen molar-refractivity contribution in [3.05, 3.63) is 18.3 Å². The van der Waals surface area contributed by atoms with E-state index in [2.05, 4.69) is 15.6 Å². The minimum absolute atomic E-state index is 0.117. The zero-order chi connectivity index (χ0) is 16.5. The SMILES string of the molecule is COCCOc1ccc(NC(=O)NC2(CO)CCOCC2)cn1. The number of carbonyl (C=O) groups excluding carboxylic acids is 1. The number of aromatic nitrogens is 1. The highest BCUT2D eigenvalue weighted by molar-refractivity contribution is 5.89. The van der Waals surface area contributed by atoms with Gasteiger partial charge < -0.3 is 30.0 Å². The molecule has 2 rings (SSSR count). The normalized spacial score (nSPS) is 16.6. The highest BCUT2D eigenvalue weighted by Crippen LogP contribution is 2.20. The van der Waals surface area contributed by atoms with Crippen LogP contribution in [0.4, 0.5) is 10.5 Å². The van der Waals surface area contributed by atoms with E-state index in [4.69, 9.17) is 14.2 Å². The van der Waals surface area contributed by atoms with Gasteiger partial charge in [-0.3, -0.25) is 0 Å². The van der Waals surface area contributed by atoms with Crippen molar-refractivity contribution in [1.82, 2.24) is 10.3 Å². The van der Waals surface area contributed by atoms with Crippen molar-refractivity contribution in [3.63, 3.8) is 0 Å². The van der Waals surface area contributed by atoms with Crippen molar-refractivity contribution >= 4 is 11.7 Å². The third-order valence-corrected chi connectivity index (χ3v) is 3.66. The van der Waals surface area contributed by atoms with Crippen LogP contribution in [0.1, 0.15) is 12.8 Å². The van der Waals surface area contributed by atoms with Crippen molar-refractivity contribution in [3.8, 4) is 5.88 Å². The molecule has 23 heavy (non-hydrogen) atoms. The van der Waals surface area contributed by atoms with Gasteiger partial charge in [0.1, 0.15) is 6.61 Å². The van der Waals surface area contributed by atoms with Crippen molar-refractivity contribution in [1.29, 1.82) is 0 Å². The lowest BCUT2D eigenvalue weighted by atomic mass is 9.91. The molecule has 1 saturated heterocycles. The first-order chi connectivity index (χ1) is 11.2. The van der Waals surface area contributed by atoms with Crippen LogP contribution >= 0.6 is 0 Å². The van der Waals surface area contributed by atoms with E-state index in [1.807, 2.05) is 0 Å². The fraction of sp³-hybridized carbons (Fsp3) is 0.600. The van der Waals surface area contributed by atoms with Crippen LogP contribution in [0.15, 0.2) is 18.3 Å². The zero-order valence-corrected chi connectivity index (χ0v) is 13.2. The number of carbonyl (C=O) groups is 1. The predicted octanol–water partition coefficient (Wildman–Crippen LogP) is 0.770. The maximum atomic E-state index is 12.1. The first-order valence-electron chi connectivity index (χ1n) is 7.53. The molecule has 0 bridgehead atoms. The van der Waals surface area contributed by atoms with E-state index >= 15 is 0 Å². The fourth-order valence-corrected chi connectivity index (χ4v) is 2.26. The van der Waals surface area contributed by atoms with Crippen LogP contribution in [0.25, 0.3) is 0 Å². The Morgan fingerprint density at radius 1 is 1.39 bits per heavy atom. The fourth-order valence-electron chi connectivity index (χ4n) is 2.26. The summed E-state index contributed by atoms with van der Waals surface area (Å²) in [4.78, 5) is 16.2. The largest absolute Gasteiger partial charge is 0.475 e. The highest BCUT2D eigenvalue weighted by atomic mass is 16.5. The summed E-state index contributed by atoms with van der Waals surface area (Å²) in [6.45, 7) is 1.83. The number of rotatable bonds is 7. The molecule has 2 heterocycles. The Bertz CT molecular complexity index is 488. The Labute approximate surface area is 135 Å². The number of anilines is 1. The molecule has 1 aromatic rings. The molecule has 8 heteroatoms. The molecule has 0 atom stereocenters. The lowest BCUT2D eigenvalue weighted by molar-refractivity contribution is 0.0179. The molecule has 128 valence electrons. The van der Waals surface area contributed by atoms with Gasteiger partial charge in [0.25, 0.3) is 0 Å². The van der Waals surface area contributed by atoms with E-state index in [1.54, 1.807) is 19.2 Å². The van der Waals surface area contributed by atoms with Crippen LogP contribution in [-0.2, 0) is 9.47 Å². The molecule has 0 saturated carbocycles. The van der Waals surface area contributed by atoms with Gasteiger partial charge in [-0.05, 0) is 18.9 Å². The van der Waals surface area contributed by atoms with E-state index in [0.717, 1.165) is 0 Å². The number of methoxy groups -OCH3 is 1. The molecule has 1 aliphatic heterocycles. The molecule has 1 aliphatic rings. The third-order valence-electron chi connectivity index (χ3n) is 3.66. The smallest absolute Gasteiger partial charge is 0.319 e. The highest BCUT2D eigenvalue weighted by Gasteiger charge is 2.33. The first kappa shape index (κ1) is 17.5. The standard InChI is InChI=1S/C15H23N3O5/c1-21-8-9-23-13-3-2-12(10-16-13)17-14(20)18-15(11-19)4-6-22-7-5-15/h2-3,10,19H,4-9,11H2,1H3,(H2,17,18,20). The maximum Gasteiger partial charge on any atom is 0.319 e. The van der Waals surface area contributed by atoms with Gasteiger partial charge in [-0.1, -0.05) is 0 Å². The number of nitrogens with zero attached hydrogens (tertiary/aromatic N) is 1. The van der Waals surface area contributed by atoms with Crippen LogP contribution in [0.3, 0.4) is 0 Å². The first-order valence-corrected chi connectivity index (χ1v) is 7.53. The maximum absolute atomic E-state index is 12.1. The molecule has 2 amide bonds. The molecule has 0 unspecified atom stereocenters. The Balaban J connectivity index is 1.84. The van der Waals surface area contributed by atoms with Crippen molar-refractivity contribution < 1.29 is 24.1 Å². The van der Waals surface area contributed by atoms with Gasteiger partial charge >= 0.3 is 6.03 Å². The minimum Gasteiger partial charge on any atom is -0.475 e. The van der Waals surface area contributed by atoms with Gasteiger partial charge in [0.2, 0.25) is 5.88 Å². The summed E-state index contributed by atoms with van der Waals surface area (Å²) in [5.41, 5.74) is -0.0827. The Hall–Kier alpha value is -1.90. The van der Waals surface area contributed by atoms with Crippen LogP contribution in [0.5, 0.6) is 5.88 Å². The van der Waals surface area contributed by atoms with E-state index in [9.17, 15) is 9.90 Å². The molecule has 0 aliphatic carbocycles. The number of urea groups is 1. The number of hydrogen-bond donors (Lipinski definition) is 3. The lowest BCUT2D eigenvalue weighted by Crippen LogP contribution is -2.55. The second kappa shape index (κ2) is 8.66. The molecule has 8 nitrogen and oxygen atoms in total. The molecule has 3 N–H and O–H groups in total. The van der Waals surface area contributed by atoms with E-state index in [0.29, 0.717) is 50.8 Å². The van der Waals surface area contributed by atoms with Crippen molar-refractivity contribution in [2.45, 2.75) is 18.4 Å². The van der Waals surface area contributed by atoms with E-state index in [1.165, 1.54) is 6.20 Å². The summed E-state index contributed by atoms with van der Waals surface area (Å²) in [5.74, 6) is 0.462. The van der Waals surface area contributed by atoms with E-state index < -0.39 is 5.54 Å². The van der Waals surface area contributed by atoms with E-state index in [-0.39, 0.29) is 12.6 Å². The molecule has 1 fully saturated rings. The molecule has 0 spiro atoms. The topological polar surface area (TPSA) is 102 Å². The van der Waals surface area contributed by atoms with Gasteiger partial charge in [-0.25, -0.2) is 9.78 Å². The van der Waals surface area contributed by atoms with Crippen LogP contribution in [0.2, 0.25) is 0 Å².